The number of aromatic nitrogens is 4. The molecule has 3 heterocycles. The molecule has 252 valence electrons. The maximum Gasteiger partial charge on any atom is 0.204 e. The lowest BCUT2D eigenvalue weighted by Crippen LogP contribution is -2.37. The van der Waals surface area contributed by atoms with Crippen molar-refractivity contribution in [1.29, 1.82) is 0 Å². The number of nitrogens with one attached hydrogen (secondary N) is 2. The lowest BCUT2D eigenvalue weighted by molar-refractivity contribution is 0.392. The first-order valence-electron chi connectivity index (χ1n) is 14.4. The number of aromatic amines is 1. The summed E-state index contributed by atoms with van der Waals surface area (Å²) < 4.78 is 103. The van der Waals surface area contributed by atoms with Gasteiger partial charge in [0.25, 0.3) is 0 Å². The molecule has 0 atom stereocenters. The van der Waals surface area contributed by atoms with Gasteiger partial charge in [0.2, 0.25) is 5.75 Å². The molecule has 1 aliphatic heterocycles. The van der Waals surface area contributed by atoms with Crippen molar-refractivity contribution in [3.05, 3.63) is 70.7 Å². The largest absolute Gasteiger partial charge is 0.490 e. The van der Waals surface area contributed by atoms with Crippen LogP contribution in [-0.2, 0) is 14.6 Å². The second-order valence-corrected chi connectivity index (χ2v) is 15.0. The minimum atomic E-state index is -4.80. The molecule has 0 radical (unpaired) electrons. The topological polar surface area (TPSA) is 139 Å². The summed E-state index contributed by atoms with van der Waals surface area (Å²) in [7, 11) is -3.33. The van der Waals surface area contributed by atoms with Crippen LogP contribution >= 0.6 is 11.8 Å². The van der Waals surface area contributed by atoms with E-state index in [2.05, 4.69) is 25.5 Å². The molecule has 2 aromatic heterocycles. The molecule has 1 saturated heterocycles. The van der Waals surface area contributed by atoms with Gasteiger partial charge in [-0.2, -0.15) is 5.10 Å². The molecule has 0 saturated carbocycles. The molecule has 0 spiro atoms. The van der Waals surface area contributed by atoms with E-state index in [0.717, 1.165) is 56.3 Å². The van der Waals surface area contributed by atoms with Crippen molar-refractivity contribution in [2.45, 2.75) is 53.3 Å². The summed E-state index contributed by atoms with van der Waals surface area (Å²) in [4.78, 5) is 10.5. The standard InChI is InChI=1S/C30H32F5N7O3S2/c1-15-11-22(41-40-15)37-27-26(45-4)28(42-9-7-16(14-36)8-10-42)39-29(38-27)46-21-6-5-17(12-18(21)31)47(43,44)30(2,3)23-24(34)19(32)13-20(33)25(23)35/h5-6,11-13,16H,7-10,14,36H2,1-4H3,(H2,37,38,39,40,41). The van der Waals surface area contributed by atoms with E-state index in [4.69, 9.17) is 10.5 Å². The van der Waals surface area contributed by atoms with Crippen LogP contribution in [-0.4, -0.2) is 55.3 Å². The molecular formula is C30H32F5N7O3S2. The van der Waals surface area contributed by atoms with E-state index in [1.807, 2.05) is 11.8 Å². The van der Waals surface area contributed by atoms with Crippen molar-refractivity contribution in [3.8, 4) is 5.75 Å². The van der Waals surface area contributed by atoms with Gasteiger partial charge < -0.3 is 20.7 Å². The number of sulfone groups is 1. The fourth-order valence-electron chi connectivity index (χ4n) is 5.30. The highest BCUT2D eigenvalue weighted by molar-refractivity contribution is 7.99. The van der Waals surface area contributed by atoms with Gasteiger partial charge in [0.15, 0.2) is 55.7 Å². The van der Waals surface area contributed by atoms with E-state index < -0.39 is 54.1 Å². The Morgan fingerprint density at radius 2 is 1.70 bits per heavy atom. The maximum absolute atomic E-state index is 15.6. The summed E-state index contributed by atoms with van der Waals surface area (Å²) in [6.45, 7) is 5.40. The molecule has 17 heteroatoms. The molecule has 1 fully saturated rings. The summed E-state index contributed by atoms with van der Waals surface area (Å²) >= 11 is 0.797. The summed E-state index contributed by atoms with van der Waals surface area (Å²) in [5.74, 6) is -6.43. The van der Waals surface area contributed by atoms with E-state index >= 15 is 4.39 Å². The number of rotatable bonds is 10. The third kappa shape index (κ3) is 6.60. The van der Waals surface area contributed by atoms with E-state index in [1.165, 1.54) is 7.11 Å². The van der Waals surface area contributed by atoms with E-state index in [-0.39, 0.29) is 21.9 Å². The van der Waals surface area contributed by atoms with Crippen LogP contribution < -0.4 is 20.7 Å². The molecule has 0 amide bonds. The van der Waals surface area contributed by atoms with Gasteiger partial charge in [-0.25, -0.2) is 40.3 Å². The molecule has 2 aromatic carbocycles. The average Bonchev–Trinajstić information content (AvgIpc) is 3.44. The monoisotopic (exact) mass is 697 g/mol. The van der Waals surface area contributed by atoms with E-state index in [9.17, 15) is 26.0 Å². The predicted octanol–water partition coefficient (Wildman–Crippen LogP) is 5.99. The minimum Gasteiger partial charge on any atom is -0.490 e. The highest BCUT2D eigenvalue weighted by Crippen LogP contribution is 2.42. The number of piperidine rings is 1. The SMILES string of the molecule is COc1c(Nc2cc(C)[nH]n2)nc(Sc2ccc(S(=O)(=O)C(C)(C)c3c(F)c(F)cc(F)c3F)cc2F)nc1N1CCC(CN)CC1. The van der Waals surface area contributed by atoms with Crippen LogP contribution in [0.4, 0.5) is 39.4 Å². The molecule has 47 heavy (non-hydrogen) atoms. The first kappa shape index (κ1) is 34.4. The molecule has 0 unspecified atom stereocenters. The fraction of sp³-hybridized carbons (Fsp3) is 0.367. The molecule has 1 aliphatic rings. The van der Waals surface area contributed by atoms with Crippen molar-refractivity contribution in [1.82, 2.24) is 20.2 Å². The van der Waals surface area contributed by atoms with Crippen molar-refractivity contribution < 1.29 is 35.1 Å². The van der Waals surface area contributed by atoms with Gasteiger partial charge in [-0.15, -0.1) is 0 Å². The first-order valence-corrected chi connectivity index (χ1v) is 16.7. The second kappa shape index (κ2) is 13.3. The Labute approximate surface area is 272 Å². The zero-order chi connectivity index (χ0) is 34.3. The van der Waals surface area contributed by atoms with Crippen molar-refractivity contribution in [2.24, 2.45) is 11.7 Å². The normalized spacial score (nSPS) is 14.5. The first-order chi connectivity index (χ1) is 22.2. The summed E-state index contributed by atoms with van der Waals surface area (Å²) in [5, 5.41) is 10.2. The molecular weight excluding hydrogens is 665 g/mol. The van der Waals surface area contributed by atoms with Crippen LogP contribution in [0.25, 0.3) is 0 Å². The predicted molar refractivity (Wildman–Crippen MR) is 166 cm³/mol. The third-order valence-corrected chi connectivity index (χ3v) is 11.4. The number of nitrogens with two attached hydrogens (primary N) is 1. The zero-order valence-corrected chi connectivity index (χ0v) is 27.4. The Balaban J connectivity index is 1.51. The summed E-state index contributed by atoms with van der Waals surface area (Å²) in [6, 6.07) is 4.57. The highest BCUT2D eigenvalue weighted by atomic mass is 32.2. The molecule has 0 bridgehead atoms. The lowest BCUT2D eigenvalue weighted by atomic mass is 9.97. The highest BCUT2D eigenvalue weighted by Gasteiger charge is 2.44. The van der Waals surface area contributed by atoms with Crippen LogP contribution in [0.3, 0.4) is 0 Å². The Hall–Kier alpha value is -3.96. The molecule has 5 rings (SSSR count). The number of benzene rings is 2. The molecule has 4 N–H and O–H groups in total. The van der Waals surface area contributed by atoms with Crippen LogP contribution in [0.2, 0.25) is 0 Å². The number of hydrogen-bond acceptors (Lipinski definition) is 10. The van der Waals surface area contributed by atoms with Crippen molar-refractivity contribution in [3.63, 3.8) is 0 Å². The maximum atomic E-state index is 15.6. The number of ether oxygens (including phenoxy) is 1. The van der Waals surface area contributed by atoms with Gasteiger partial charge in [0, 0.05) is 30.9 Å². The number of nitrogens with zero attached hydrogens (tertiary/aromatic N) is 4. The second-order valence-electron chi connectivity index (χ2n) is 11.5. The van der Waals surface area contributed by atoms with Gasteiger partial charge in [0.1, 0.15) is 10.6 Å². The summed E-state index contributed by atoms with van der Waals surface area (Å²) in [5.41, 5.74) is 5.31. The third-order valence-electron chi connectivity index (χ3n) is 8.03. The zero-order valence-electron chi connectivity index (χ0n) is 25.8. The fourth-order valence-corrected chi connectivity index (χ4v) is 7.60. The van der Waals surface area contributed by atoms with Gasteiger partial charge in [0.05, 0.1) is 22.5 Å². The van der Waals surface area contributed by atoms with Crippen LogP contribution in [0.1, 0.15) is 37.9 Å². The van der Waals surface area contributed by atoms with Crippen LogP contribution in [0.5, 0.6) is 5.75 Å². The summed E-state index contributed by atoms with van der Waals surface area (Å²) in [6.07, 6.45) is 1.65. The van der Waals surface area contributed by atoms with Gasteiger partial charge in [-0.05, 0) is 76.0 Å². The number of anilines is 3. The number of aryl methyl sites for hydroxylation is 1. The number of halogens is 5. The Morgan fingerprint density at radius 1 is 1.04 bits per heavy atom. The lowest BCUT2D eigenvalue weighted by Gasteiger charge is -2.33. The quantitative estimate of drug-likeness (QED) is 0.103. The van der Waals surface area contributed by atoms with Crippen LogP contribution in [0.15, 0.2) is 45.3 Å². The van der Waals surface area contributed by atoms with Gasteiger partial charge >= 0.3 is 0 Å². The van der Waals surface area contributed by atoms with E-state index in [1.54, 1.807) is 6.07 Å². The number of hydrogen-bond donors (Lipinski definition) is 3. The molecule has 0 aliphatic carbocycles. The Bertz CT molecular complexity index is 1890. The number of methoxy groups -OCH3 is 1. The Morgan fingerprint density at radius 3 is 2.26 bits per heavy atom. The van der Waals surface area contributed by atoms with Crippen LogP contribution in [0, 0.1) is 41.9 Å². The van der Waals surface area contributed by atoms with Crippen molar-refractivity contribution in [2.75, 3.05) is 37.0 Å². The van der Waals surface area contributed by atoms with Crippen molar-refractivity contribution >= 4 is 39.1 Å². The number of H-pyrrole nitrogens is 1. The smallest absolute Gasteiger partial charge is 0.204 e. The molecule has 10 nitrogen and oxygen atoms in total. The van der Waals surface area contributed by atoms with Gasteiger partial charge in [-0.3, -0.25) is 5.10 Å². The van der Waals surface area contributed by atoms with Gasteiger partial charge in [-0.1, -0.05) is 0 Å². The average molecular weight is 698 g/mol. The molecule has 4 aromatic rings. The Kier molecular flexibility index (Phi) is 9.71. The minimum absolute atomic E-state index is 0.0197. The van der Waals surface area contributed by atoms with E-state index in [0.29, 0.717) is 49.0 Å².